The second kappa shape index (κ2) is 7.88. The first-order valence-corrected chi connectivity index (χ1v) is 5.33. The number of rotatable bonds is 7. The van der Waals surface area contributed by atoms with E-state index in [1.165, 1.54) is 12.8 Å². The van der Waals surface area contributed by atoms with E-state index < -0.39 is 0 Å². The summed E-state index contributed by atoms with van der Waals surface area (Å²) in [7, 11) is 1.80. The van der Waals surface area contributed by atoms with Gasteiger partial charge in [-0.15, -0.1) is 11.6 Å². The largest absolute Gasteiger partial charge is 0.381 e. The molecule has 0 radical (unpaired) electrons. The topological polar surface area (TPSA) is 9.23 Å². The number of unbranched alkanes of at least 4 members (excludes halogenated alkanes) is 1. The van der Waals surface area contributed by atoms with Gasteiger partial charge in [-0.2, -0.15) is 0 Å². The lowest BCUT2D eigenvalue weighted by molar-refractivity contribution is 0.0757. The van der Waals surface area contributed by atoms with E-state index in [1.54, 1.807) is 7.11 Å². The maximum atomic E-state index is 5.59. The Morgan fingerprint density at radius 2 is 1.92 bits per heavy atom. The van der Waals surface area contributed by atoms with Crippen LogP contribution in [0.5, 0.6) is 0 Å². The third-order valence-electron chi connectivity index (χ3n) is 1.98. The van der Waals surface area contributed by atoms with Gasteiger partial charge in [-0.1, -0.05) is 13.8 Å². The van der Waals surface area contributed by atoms with E-state index in [4.69, 9.17) is 16.3 Å². The van der Waals surface area contributed by atoms with Crippen LogP contribution in [0.1, 0.15) is 39.5 Å². The van der Waals surface area contributed by atoms with Gasteiger partial charge >= 0.3 is 0 Å². The summed E-state index contributed by atoms with van der Waals surface area (Å²) in [5.74, 6) is 1.50. The van der Waals surface area contributed by atoms with Crippen LogP contribution in [0.25, 0.3) is 0 Å². The van der Waals surface area contributed by atoms with Gasteiger partial charge in [0.1, 0.15) is 0 Å². The fourth-order valence-electron chi connectivity index (χ4n) is 1.32. The van der Waals surface area contributed by atoms with Gasteiger partial charge in [-0.25, -0.2) is 0 Å². The zero-order chi connectivity index (χ0) is 9.40. The summed E-state index contributed by atoms with van der Waals surface area (Å²) >= 11 is 5.59. The second-order valence-corrected chi connectivity index (χ2v) is 4.05. The van der Waals surface area contributed by atoms with E-state index in [1.807, 2.05) is 0 Å². The summed E-state index contributed by atoms with van der Waals surface area (Å²) in [5.41, 5.74) is 0. The van der Waals surface area contributed by atoms with Crippen molar-refractivity contribution < 1.29 is 4.74 Å². The number of ether oxygens (including phenoxy) is 1. The molecule has 0 saturated heterocycles. The highest BCUT2D eigenvalue weighted by Gasteiger charge is 2.08. The van der Waals surface area contributed by atoms with E-state index in [0.29, 0.717) is 6.10 Å². The first-order valence-electron chi connectivity index (χ1n) is 4.79. The lowest BCUT2D eigenvalue weighted by Crippen LogP contribution is -2.13. The molecule has 0 aliphatic carbocycles. The van der Waals surface area contributed by atoms with Crippen LogP contribution < -0.4 is 0 Å². The van der Waals surface area contributed by atoms with E-state index in [9.17, 15) is 0 Å². The Morgan fingerprint density at radius 1 is 1.25 bits per heavy atom. The molecule has 1 unspecified atom stereocenters. The van der Waals surface area contributed by atoms with Gasteiger partial charge < -0.3 is 4.74 Å². The Bertz CT molecular complexity index is 93.8. The summed E-state index contributed by atoms with van der Waals surface area (Å²) in [6, 6.07) is 0. The molecule has 0 aromatic rings. The van der Waals surface area contributed by atoms with Crippen molar-refractivity contribution >= 4 is 11.6 Å². The maximum absolute atomic E-state index is 5.59. The molecule has 0 spiro atoms. The molecule has 0 N–H and O–H groups in total. The van der Waals surface area contributed by atoms with Crippen LogP contribution in [0.3, 0.4) is 0 Å². The Hall–Kier alpha value is 0.250. The van der Waals surface area contributed by atoms with Crippen molar-refractivity contribution in [3.8, 4) is 0 Å². The molecule has 0 amide bonds. The van der Waals surface area contributed by atoms with Gasteiger partial charge in [-0.3, -0.25) is 0 Å². The molecule has 0 aliphatic rings. The Labute approximate surface area is 81.4 Å². The normalized spacial score (nSPS) is 13.8. The lowest BCUT2D eigenvalue weighted by atomic mass is 10.0. The van der Waals surface area contributed by atoms with Crippen molar-refractivity contribution in [3.63, 3.8) is 0 Å². The van der Waals surface area contributed by atoms with Crippen LogP contribution in [0.2, 0.25) is 0 Å². The van der Waals surface area contributed by atoms with E-state index in [0.717, 1.165) is 24.6 Å². The summed E-state index contributed by atoms with van der Waals surface area (Å²) in [4.78, 5) is 0. The van der Waals surface area contributed by atoms with Crippen molar-refractivity contribution in [2.45, 2.75) is 45.6 Å². The molecule has 0 bridgehead atoms. The summed E-state index contributed by atoms with van der Waals surface area (Å²) in [5, 5.41) is 0. The molecule has 0 aromatic carbocycles. The molecule has 0 saturated carbocycles. The highest BCUT2D eigenvalue weighted by atomic mass is 35.5. The molecule has 1 atom stereocenters. The standard InChI is InChI=1S/C10H21ClO/c1-9(2)8-10(12-3)6-4-5-7-11/h9-10H,4-8H2,1-3H3. The SMILES string of the molecule is COC(CCCCCl)CC(C)C. The van der Waals surface area contributed by atoms with Crippen LogP contribution in [0, 0.1) is 5.92 Å². The fourth-order valence-corrected chi connectivity index (χ4v) is 1.51. The quantitative estimate of drug-likeness (QED) is 0.444. The molecule has 0 fully saturated rings. The van der Waals surface area contributed by atoms with Gasteiger partial charge in [0.25, 0.3) is 0 Å². The minimum atomic E-state index is 0.438. The predicted octanol–water partition coefficient (Wildman–Crippen LogP) is 3.46. The molecule has 0 aliphatic heterocycles. The van der Waals surface area contributed by atoms with Crippen molar-refractivity contribution in [1.82, 2.24) is 0 Å². The Kier molecular flexibility index (Phi) is 8.04. The van der Waals surface area contributed by atoms with Crippen molar-refractivity contribution in [2.75, 3.05) is 13.0 Å². The van der Waals surface area contributed by atoms with Crippen LogP contribution in [0.15, 0.2) is 0 Å². The first kappa shape index (κ1) is 12.2. The minimum Gasteiger partial charge on any atom is -0.381 e. The highest BCUT2D eigenvalue weighted by Crippen LogP contribution is 2.13. The van der Waals surface area contributed by atoms with Gasteiger partial charge in [0.2, 0.25) is 0 Å². The molecule has 0 rings (SSSR count). The predicted molar refractivity (Wildman–Crippen MR) is 54.8 cm³/mol. The zero-order valence-electron chi connectivity index (χ0n) is 8.48. The molecule has 74 valence electrons. The Morgan fingerprint density at radius 3 is 2.33 bits per heavy atom. The third kappa shape index (κ3) is 6.93. The number of alkyl halides is 1. The van der Waals surface area contributed by atoms with Crippen LogP contribution >= 0.6 is 11.6 Å². The maximum Gasteiger partial charge on any atom is 0.0573 e. The van der Waals surface area contributed by atoms with Gasteiger partial charge in [0, 0.05) is 13.0 Å². The van der Waals surface area contributed by atoms with Gasteiger partial charge in [0.15, 0.2) is 0 Å². The molecule has 0 aromatic heterocycles. The minimum absolute atomic E-state index is 0.438. The average molecular weight is 193 g/mol. The molecular weight excluding hydrogens is 172 g/mol. The molecule has 12 heavy (non-hydrogen) atoms. The van der Waals surface area contributed by atoms with Crippen molar-refractivity contribution in [2.24, 2.45) is 5.92 Å². The van der Waals surface area contributed by atoms with E-state index >= 15 is 0 Å². The number of halogens is 1. The monoisotopic (exact) mass is 192 g/mol. The van der Waals surface area contributed by atoms with Gasteiger partial charge in [0.05, 0.1) is 6.10 Å². The number of hydrogen-bond acceptors (Lipinski definition) is 1. The first-order chi connectivity index (χ1) is 5.70. The van der Waals surface area contributed by atoms with Gasteiger partial charge in [-0.05, 0) is 31.6 Å². The summed E-state index contributed by atoms with van der Waals surface area (Å²) in [6.07, 6.45) is 5.06. The van der Waals surface area contributed by atoms with Crippen LogP contribution in [0.4, 0.5) is 0 Å². The third-order valence-corrected chi connectivity index (χ3v) is 2.24. The van der Waals surface area contributed by atoms with Crippen LogP contribution in [-0.2, 0) is 4.74 Å². The smallest absolute Gasteiger partial charge is 0.0573 e. The second-order valence-electron chi connectivity index (χ2n) is 3.67. The molecular formula is C10H21ClO. The fraction of sp³-hybridized carbons (Fsp3) is 1.00. The van der Waals surface area contributed by atoms with Crippen molar-refractivity contribution in [1.29, 1.82) is 0 Å². The molecule has 1 nitrogen and oxygen atoms in total. The molecule has 2 heteroatoms. The van der Waals surface area contributed by atoms with E-state index in [-0.39, 0.29) is 0 Å². The van der Waals surface area contributed by atoms with Crippen LogP contribution in [-0.4, -0.2) is 19.1 Å². The highest BCUT2D eigenvalue weighted by molar-refractivity contribution is 6.17. The zero-order valence-corrected chi connectivity index (χ0v) is 9.23. The average Bonchev–Trinajstić information content (AvgIpc) is 2.02. The number of hydrogen-bond donors (Lipinski definition) is 0. The summed E-state index contributed by atoms with van der Waals surface area (Å²) < 4.78 is 5.36. The molecule has 0 heterocycles. The van der Waals surface area contributed by atoms with E-state index in [2.05, 4.69) is 13.8 Å². The van der Waals surface area contributed by atoms with Crippen molar-refractivity contribution in [3.05, 3.63) is 0 Å². The summed E-state index contributed by atoms with van der Waals surface area (Å²) in [6.45, 7) is 4.46. The lowest BCUT2D eigenvalue weighted by Gasteiger charge is -2.16. The number of methoxy groups -OCH3 is 1. The Balaban J connectivity index is 3.39.